The standard InChI is InChI=1S/C22H21N3O2/c1-15-9-11-17(12-10-15)25-21(16(2)23-14-18-6-5-13-27-18)24-20-8-4-3-7-19(20)22(25)26/h3-13,16,23H,14H2,1-2H3/p+1/t16-/m0/s1. The van der Waals surface area contributed by atoms with Crippen molar-refractivity contribution in [1.29, 1.82) is 0 Å². The molecule has 27 heavy (non-hydrogen) atoms. The van der Waals surface area contributed by atoms with Gasteiger partial charge in [-0.25, -0.2) is 4.98 Å². The number of furan rings is 1. The summed E-state index contributed by atoms with van der Waals surface area (Å²) in [5.41, 5.74) is 2.66. The van der Waals surface area contributed by atoms with Gasteiger partial charge in [-0.15, -0.1) is 0 Å². The van der Waals surface area contributed by atoms with Gasteiger partial charge < -0.3 is 9.73 Å². The number of rotatable bonds is 5. The molecule has 0 fully saturated rings. The van der Waals surface area contributed by atoms with Crippen LogP contribution in [0.2, 0.25) is 0 Å². The Bertz CT molecular complexity index is 1110. The molecule has 2 heterocycles. The maximum Gasteiger partial charge on any atom is 0.266 e. The van der Waals surface area contributed by atoms with Crippen LogP contribution in [0.4, 0.5) is 0 Å². The van der Waals surface area contributed by atoms with Crippen LogP contribution < -0.4 is 10.9 Å². The maximum absolute atomic E-state index is 13.3. The van der Waals surface area contributed by atoms with E-state index < -0.39 is 0 Å². The summed E-state index contributed by atoms with van der Waals surface area (Å²) in [7, 11) is 0. The van der Waals surface area contributed by atoms with Gasteiger partial charge in [-0.3, -0.25) is 9.36 Å². The Morgan fingerprint density at radius 3 is 2.59 bits per heavy atom. The Kier molecular flexibility index (Phi) is 4.60. The van der Waals surface area contributed by atoms with Crippen molar-refractivity contribution < 1.29 is 9.73 Å². The Balaban J connectivity index is 1.83. The monoisotopic (exact) mass is 360 g/mol. The molecule has 0 saturated carbocycles. The van der Waals surface area contributed by atoms with E-state index in [0.717, 1.165) is 28.4 Å². The van der Waals surface area contributed by atoms with Crippen LogP contribution in [0.25, 0.3) is 16.6 Å². The highest BCUT2D eigenvalue weighted by atomic mass is 16.3. The number of nitrogens with two attached hydrogens (primary N) is 1. The molecule has 2 N–H and O–H groups in total. The summed E-state index contributed by atoms with van der Waals surface area (Å²) in [5, 5.41) is 2.75. The Hall–Kier alpha value is -3.18. The largest absolute Gasteiger partial charge is 0.463 e. The number of fused-ring (bicyclic) bond motifs is 1. The highest BCUT2D eigenvalue weighted by molar-refractivity contribution is 5.77. The molecule has 0 unspecified atom stereocenters. The molecule has 0 aliphatic rings. The number of para-hydroxylation sites is 1. The van der Waals surface area contributed by atoms with Gasteiger partial charge in [0.1, 0.15) is 12.6 Å². The third-order valence-electron chi connectivity index (χ3n) is 4.75. The van der Waals surface area contributed by atoms with Gasteiger partial charge in [-0.1, -0.05) is 29.8 Å². The summed E-state index contributed by atoms with van der Waals surface area (Å²) >= 11 is 0. The van der Waals surface area contributed by atoms with Crippen molar-refractivity contribution in [3.05, 3.63) is 94.4 Å². The van der Waals surface area contributed by atoms with Crippen LogP contribution in [0.3, 0.4) is 0 Å². The number of benzene rings is 2. The van der Waals surface area contributed by atoms with E-state index >= 15 is 0 Å². The molecule has 0 amide bonds. The lowest BCUT2D eigenvalue weighted by atomic mass is 10.2. The van der Waals surface area contributed by atoms with Crippen LogP contribution in [0.5, 0.6) is 0 Å². The van der Waals surface area contributed by atoms with Crippen molar-refractivity contribution >= 4 is 10.9 Å². The first-order chi connectivity index (χ1) is 13.1. The first kappa shape index (κ1) is 17.2. The smallest absolute Gasteiger partial charge is 0.266 e. The first-order valence-electron chi connectivity index (χ1n) is 9.08. The zero-order valence-electron chi connectivity index (χ0n) is 15.4. The molecule has 0 aliphatic carbocycles. The van der Waals surface area contributed by atoms with Gasteiger partial charge in [0.05, 0.1) is 22.9 Å². The van der Waals surface area contributed by atoms with Gasteiger partial charge in [-0.05, 0) is 50.2 Å². The van der Waals surface area contributed by atoms with Gasteiger partial charge in [0, 0.05) is 0 Å². The van der Waals surface area contributed by atoms with E-state index in [2.05, 4.69) is 12.2 Å². The normalized spacial score (nSPS) is 12.4. The zero-order chi connectivity index (χ0) is 18.8. The van der Waals surface area contributed by atoms with E-state index in [-0.39, 0.29) is 11.6 Å². The number of hydrogen-bond acceptors (Lipinski definition) is 3. The highest BCUT2D eigenvalue weighted by Crippen LogP contribution is 2.17. The molecule has 4 rings (SSSR count). The third-order valence-corrected chi connectivity index (χ3v) is 4.75. The quantitative estimate of drug-likeness (QED) is 0.595. The predicted octanol–water partition coefficient (Wildman–Crippen LogP) is 3.11. The minimum Gasteiger partial charge on any atom is -0.463 e. The lowest BCUT2D eigenvalue weighted by Crippen LogP contribution is -2.83. The average molecular weight is 360 g/mol. The van der Waals surface area contributed by atoms with E-state index in [0.29, 0.717) is 11.9 Å². The molecule has 0 bridgehead atoms. The summed E-state index contributed by atoms with van der Waals surface area (Å²) in [5.74, 6) is 1.63. The van der Waals surface area contributed by atoms with Gasteiger partial charge in [0.25, 0.3) is 5.56 Å². The van der Waals surface area contributed by atoms with Gasteiger partial charge in [0.2, 0.25) is 0 Å². The van der Waals surface area contributed by atoms with Crippen LogP contribution in [-0.2, 0) is 6.54 Å². The van der Waals surface area contributed by atoms with E-state index in [9.17, 15) is 4.79 Å². The number of aromatic nitrogens is 2. The van der Waals surface area contributed by atoms with Gasteiger partial charge in [-0.2, -0.15) is 0 Å². The number of nitrogens with zero attached hydrogens (tertiary/aromatic N) is 2. The van der Waals surface area contributed by atoms with E-state index in [1.807, 2.05) is 67.6 Å². The molecule has 2 aromatic heterocycles. The average Bonchev–Trinajstić information content (AvgIpc) is 3.21. The summed E-state index contributed by atoms with van der Waals surface area (Å²) in [6.45, 7) is 4.78. The molecule has 136 valence electrons. The number of quaternary nitrogens is 1. The Morgan fingerprint density at radius 1 is 1.07 bits per heavy atom. The fourth-order valence-corrected chi connectivity index (χ4v) is 3.23. The second kappa shape index (κ2) is 7.21. The SMILES string of the molecule is Cc1ccc(-n2c([C@H](C)[NH2+]Cc3ccco3)nc3ccccc3c2=O)cc1. The maximum atomic E-state index is 13.3. The molecule has 5 nitrogen and oxygen atoms in total. The molecule has 5 heteroatoms. The molecular formula is C22H22N3O2+. The molecule has 2 aromatic carbocycles. The minimum absolute atomic E-state index is 0.0197. The van der Waals surface area contributed by atoms with Crippen molar-refractivity contribution in [2.45, 2.75) is 26.4 Å². The van der Waals surface area contributed by atoms with E-state index in [1.165, 1.54) is 0 Å². The molecule has 0 saturated heterocycles. The summed E-state index contributed by atoms with van der Waals surface area (Å²) < 4.78 is 7.15. The molecule has 0 spiro atoms. The summed E-state index contributed by atoms with van der Waals surface area (Å²) in [6, 6.07) is 19.3. The second-order valence-electron chi connectivity index (χ2n) is 6.77. The summed E-state index contributed by atoms with van der Waals surface area (Å²) in [4.78, 5) is 18.1. The van der Waals surface area contributed by atoms with Crippen LogP contribution in [0, 0.1) is 6.92 Å². The van der Waals surface area contributed by atoms with Crippen LogP contribution in [0.1, 0.15) is 30.1 Å². The minimum atomic E-state index is -0.0438. The summed E-state index contributed by atoms with van der Waals surface area (Å²) in [6.07, 6.45) is 1.67. The zero-order valence-corrected chi connectivity index (χ0v) is 15.4. The van der Waals surface area contributed by atoms with Crippen molar-refractivity contribution in [2.75, 3.05) is 0 Å². The molecule has 4 aromatic rings. The number of hydrogen-bond donors (Lipinski definition) is 1. The van der Waals surface area contributed by atoms with Crippen molar-refractivity contribution in [1.82, 2.24) is 9.55 Å². The molecular weight excluding hydrogens is 338 g/mol. The highest BCUT2D eigenvalue weighted by Gasteiger charge is 2.20. The Labute approximate surface area is 157 Å². The van der Waals surface area contributed by atoms with Crippen molar-refractivity contribution in [2.24, 2.45) is 0 Å². The Morgan fingerprint density at radius 2 is 1.85 bits per heavy atom. The van der Waals surface area contributed by atoms with E-state index in [4.69, 9.17) is 9.40 Å². The fourth-order valence-electron chi connectivity index (χ4n) is 3.23. The topological polar surface area (TPSA) is 64.6 Å². The second-order valence-corrected chi connectivity index (χ2v) is 6.77. The first-order valence-corrected chi connectivity index (χ1v) is 9.08. The lowest BCUT2D eigenvalue weighted by Gasteiger charge is -2.17. The predicted molar refractivity (Wildman–Crippen MR) is 105 cm³/mol. The molecule has 0 radical (unpaired) electrons. The number of aryl methyl sites for hydroxylation is 1. The van der Waals surface area contributed by atoms with Crippen molar-refractivity contribution in [3.8, 4) is 5.69 Å². The van der Waals surface area contributed by atoms with Gasteiger partial charge >= 0.3 is 0 Å². The third kappa shape index (κ3) is 3.41. The lowest BCUT2D eigenvalue weighted by molar-refractivity contribution is -0.710. The molecule has 1 atom stereocenters. The van der Waals surface area contributed by atoms with Crippen LogP contribution >= 0.6 is 0 Å². The van der Waals surface area contributed by atoms with E-state index in [1.54, 1.807) is 10.8 Å². The van der Waals surface area contributed by atoms with Crippen molar-refractivity contribution in [3.63, 3.8) is 0 Å². The van der Waals surface area contributed by atoms with Crippen LogP contribution in [0.15, 0.2) is 76.1 Å². The van der Waals surface area contributed by atoms with Gasteiger partial charge in [0.15, 0.2) is 11.6 Å². The molecule has 0 aliphatic heterocycles. The fraction of sp³-hybridized carbons (Fsp3) is 0.182. The van der Waals surface area contributed by atoms with Crippen LogP contribution in [-0.4, -0.2) is 9.55 Å².